The van der Waals surface area contributed by atoms with E-state index in [9.17, 15) is 5.11 Å². The Morgan fingerprint density at radius 3 is 2.45 bits per heavy atom. The van der Waals surface area contributed by atoms with Gasteiger partial charge in [0, 0.05) is 21.6 Å². The number of phenols is 1. The number of nitrogens with one attached hydrogen (secondary N) is 2. The molecule has 1 aliphatic rings. The summed E-state index contributed by atoms with van der Waals surface area (Å²) < 4.78 is 0. The summed E-state index contributed by atoms with van der Waals surface area (Å²) in [6, 6.07) is 12.8. The molecule has 0 amide bonds. The molecule has 29 heavy (non-hydrogen) atoms. The van der Waals surface area contributed by atoms with Crippen LogP contribution in [-0.4, -0.2) is 20.6 Å². The number of para-hydroxylation sites is 1. The highest BCUT2D eigenvalue weighted by molar-refractivity contribution is 6.30. The van der Waals surface area contributed by atoms with Gasteiger partial charge in [0.25, 0.3) is 0 Å². The number of benzene rings is 2. The largest absolute Gasteiger partial charge is 0.506 e. The third-order valence-corrected chi connectivity index (χ3v) is 5.93. The summed E-state index contributed by atoms with van der Waals surface area (Å²) in [6.07, 6.45) is 6.98. The summed E-state index contributed by atoms with van der Waals surface area (Å²) in [5.74, 6) is 1.36. The van der Waals surface area contributed by atoms with Gasteiger partial charge in [0.1, 0.15) is 17.1 Å². The van der Waals surface area contributed by atoms with Gasteiger partial charge in [0.05, 0.1) is 0 Å². The zero-order valence-corrected chi connectivity index (χ0v) is 18.0. The van der Waals surface area contributed by atoms with E-state index in [-0.39, 0.29) is 23.7 Å². The Balaban J connectivity index is 0.00000240. The lowest BCUT2D eigenvalue weighted by atomic mass is 9.80. The monoisotopic (exact) mass is 432 g/mol. The number of aromatic nitrogens is 2. The Morgan fingerprint density at radius 2 is 1.76 bits per heavy atom. The molecule has 0 saturated heterocycles. The zero-order valence-electron chi connectivity index (χ0n) is 16.4. The van der Waals surface area contributed by atoms with Crippen LogP contribution in [-0.2, 0) is 0 Å². The lowest BCUT2D eigenvalue weighted by Crippen LogP contribution is -2.40. The first-order valence-electron chi connectivity index (χ1n) is 9.89. The van der Waals surface area contributed by atoms with Crippen LogP contribution in [0.4, 0.5) is 17.5 Å². The van der Waals surface area contributed by atoms with E-state index in [0.29, 0.717) is 22.3 Å². The van der Waals surface area contributed by atoms with Crippen molar-refractivity contribution in [3.63, 3.8) is 0 Å². The first-order chi connectivity index (χ1) is 13.6. The molecule has 4 rings (SSSR count). The molecule has 0 unspecified atom stereocenters. The van der Waals surface area contributed by atoms with Crippen molar-refractivity contribution in [1.82, 2.24) is 9.97 Å². The van der Waals surface area contributed by atoms with Crippen LogP contribution in [0.5, 0.6) is 5.75 Å². The third kappa shape index (κ3) is 4.68. The second-order valence-corrected chi connectivity index (χ2v) is 7.96. The van der Waals surface area contributed by atoms with Crippen molar-refractivity contribution in [1.29, 1.82) is 0 Å². The minimum absolute atomic E-state index is 0. The molecule has 3 N–H and O–H groups in total. The number of hydrogen-bond acceptors (Lipinski definition) is 5. The van der Waals surface area contributed by atoms with Gasteiger partial charge in [-0.15, -0.1) is 12.4 Å². The molecule has 5 nitrogen and oxygen atoms in total. The molecular weight excluding hydrogens is 407 g/mol. The molecular formula is C22H26Cl2N4O. The van der Waals surface area contributed by atoms with Crippen molar-refractivity contribution >= 4 is 52.4 Å². The third-order valence-electron chi connectivity index (χ3n) is 5.68. The fraction of sp³-hybridized carbons (Fsp3) is 0.364. The molecule has 0 spiro atoms. The highest BCUT2D eigenvalue weighted by Crippen LogP contribution is 2.36. The Bertz CT molecular complexity index is 972. The molecule has 0 bridgehead atoms. The van der Waals surface area contributed by atoms with E-state index >= 15 is 0 Å². The molecule has 1 heterocycles. The molecule has 7 heteroatoms. The molecule has 1 fully saturated rings. The maximum absolute atomic E-state index is 10.4. The van der Waals surface area contributed by atoms with Crippen LogP contribution in [0.15, 0.2) is 42.5 Å². The Morgan fingerprint density at radius 1 is 1.03 bits per heavy atom. The number of phenolic OH excluding ortho intramolecular Hbond substituents is 1. The Labute approximate surface area is 182 Å². The first kappa shape index (κ1) is 21.5. The van der Waals surface area contributed by atoms with Gasteiger partial charge in [0.2, 0.25) is 5.95 Å². The number of halogens is 2. The fourth-order valence-corrected chi connectivity index (χ4v) is 4.12. The molecule has 154 valence electrons. The summed E-state index contributed by atoms with van der Waals surface area (Å²) in [6.45, 7) is 2.21. The van der Waals surface area contributed by atoms with Crippen LogP contribution >= 0.6 is 24.0 Å². The van der Waals surface area contributed by atoms with Crippen LogP contribution < -0.4 is 10.6 Å². The van der Waals surface area contributed by atoms with Gasteiger partial charge >= 0.3 is 0 Å². The number of nitrogens with zero attached hydrogens (tertiary/aromatic N) is 2. The summed E-state index contributed by atoms with van der Waals surface area (Å²) in [4.78, 5) is 9.41. The Hall–Kier alpha value is -2.24. The van der Waals surface area contributed by atoms with Gasteiger partial charge in [0.15, 0.2) is 0 Å². The van der Waals surface area contributed by atoms with E-state index in [1.54, 1.807) is 12.1 Å². The maximum atomic E-state index is 10.4. The molecule has 1 aliphatic carbocycles. The predicted molar refractivity (Wildman–Crippen MR) is 123 cm³/mol. The second kappa shape index (κ2) is 9.06. The highest BCUT2D eigenvalue weighted by Gasteiger charge is 2.31. The first-order valence-corrected chi connectivity index (χ1v) is 10.3. The highest BCUT2D eigenvalue weighted by atomic mass is 35.5. The average molecular weight is 433 g/mol. The van der Waals surface area contributed by atoms with Crippen molar-refractivity contribution in [2.45, 2.75) is 51.0 Å². The van der Waals surface area contributed by atoms with E-state index in [4.69, 9.17) is 16.6 Å². The summed E-state index contributed by atoms with van der Waals surface area (Å²) >= 11 is 6.00. The van der Waals surface area contributed by atoms with Gasteiger partial charge in [-0.05, 0) is 55.7 Å². The van der Waals surface area contributed by atoms with E-state index < -0.39 is 0 Å². The topological polar surface area (TPSA) is 70.1 Å². The van der Waals surface area contributed by atoms with E-state index in [1.807, 2.05) is 30.3 Å². The fourth-order valence-electron chi connectivity index (χ4n) is 3.99. The summed E-state index contributed by atoms with van der Waals surface area (Å²) in [5.41, 5.74) is 1.44. The smallest absolute Gasteiger partial charge is 0.225 e. The van der Waals surface area contributed by atoms with Crippen LogP contribution in [0.2, 0.25) is 5.02 Å². The summed E-state index contributed by atoms with van der Waals surface area (Å²) in [7, 11) is 0. The summed E-state index contributed by atoms with van der Waals surface area (Å²) in [5, 5.41) is 18.8. The van der Waals surface area contributed by atoms with Crippen molar-refractivity contribution < 1.29 is 5.11 Å². The lowest BCUT2D eigenvalue weighted by molar-refractivity contribution is 0.313. The zero-order chi connectivity index (χ0) is 19.6. The number of aromatic hydroxyl groups is 1. The molecule has 2 aromatic carbocycles. The normalized spacial score (nSPS) is 15.5. The Kier molecular flexibility index (Phi) is 6.70. The standard InChI is InChI=1S/C22H25ClN4O.ClH/c1-2-22(13-4-3-5-14-22)27-21-25-19-17(7-6-8-18(19)28)20(26-21)24-16-11-9-15(23)10-12-16;/h6-12,28H,2-5,13-14H2,1H3,(H2,24,25,26,27);1H. The van der Waals surface area contributed by atoms with Crippen molar-refractivity contribution in [3.05, 3.63) is 47.5 Å². The van der Waals surface area contributed by atoms with Gasteiger partial charge < -0.3 is 15.7 Å². The van der Waals surface area contributed by atoms with Crippen LogP contribution in [0, 0.1) is 0 Å². The van der Waals surface area contributed by atoms with Crippen LogP contribution in [0.3, 0.4) is 0 Å². The molecule has 0 aliphatic heterocycles. The number of hydrogen-bond donors (Lipinski definition) is 3. The second-order valence-electron chi connectivity index (χ2n) is 7.52. The maximum Gasteiger partial charge on any atom is 0.225 e. The van der Waals surface area contributed by atoms with E-state index in [2.05, 4.69) is 22.5 Å². The van der Waals surface area contributed by atoms with Gasteiger partial charge in [-0.25, -0.2) is 4.98 Å². The molecule has 0 radical (unpaired) electrons. The SMILES string of the molecule is CCC1(Nc2nc(Nc3ccc(Cl)cc3)c3cccc(O)c3n2)CCCCC1.Cl. The molecule has 3 aromatic rings. The van der Waals surface area contributed by atoms with Crippen LogP contribution in [0.1, 0.15) is 45.4 Å². The van der Waals surface area contributed by atoms with Crippen molar-refractivity contribution in [2.24, 2.45) is 0 Å². The quantitative estimate of drug-likeness (QED) is 0.419. The molecule has 0 atom stereocenters. The number of fused-ring (bicyclic) bond motifs is 1. The van der Waals surface area contributed by atoms with E-state index in [1.165, 1.54) is 19.3 Å². The van der Waals surface area contributed by atoms with Crippen molar-refractivity contribution in [2.75, 3.05) is 10.6 Å². The predicted octanol–water partition coefficient (Wildman–Crippen LogP) is 6.68. The number of rotatable bonds is 5. The lowest BCUT2D eigenvalue weighted by Gasteiger charge is -2.37. The van der Waals surface area contributed by atoms with E-state index in [0.717, 1.165) is 30.3 Å². The van der Waals surface area contributed by atoms with Crippen LogP contribution in [0.25, 0.3) is 10.9 Å². The van der Waals surface area contributed by atoms with Gasteiger partial charge in [-0.1, -0.05) is 43.9 Å². The molecule has 1 saturated carbocycles. The minimum atomic E-state index is 0. The number of anilines is 3. The minimum Gasteiger partial charge on any atom is -0.506 e. The van der Waals surface area contributed by atoms with Gasteiger partial charge in [-0.3, -0.25) is 0 Å². The molecule has 1 aromatic heterocycles. The van der Waals surface area contributed by atoms with Crippen molar-refractivity contribution in [3.8, 4) is 5.75 Å². The average Bonchev–Trinajstić information content (AvgIpc) is 2.71. The van der Waals surface area contributed by atoms with Gasteiger partial charge in [-0.2, -0.15) is 4.98 Å².